The SMILES string of the molecule is Cc1c(C(=O)OC(C)c2ccc(F)cc2)cccc1[N+](=O)[O-]. The van der Waals surface area contributed by atoms with Gasteiger partial charge in [0.25, 0.3) is 5.69 Å². The van der Waals surface area contributed by atoms with Crippen LogP contribution >= 0.6 is 0 Å². The predicted molar refractivity (Wildman–Crippen MR) is 78.1 cm³/mol. The molecule has 2 rings (SSSR count). The Morgan fingerprint density at radius 1 is 1.23 bits per heavy atom. The highest BCUT2D eigenvalue weighted by Gasteiger charge is 2.21. The number of benzene rings is 2. The maximum atomic E-state index is 12.9. The third-order valence-electron chi connectivity index (χ3n) is 3.35. The monoisotopic (exact) mass is 303 g/mol. The van der Waals surface area contributed by atoms with Crippen LogP contribution in [0.5, 0.6) is 0 Å². The molecule has 0 N–H and O–H groups in total. The number of hydrogen-bond donors (Lipinski definition) is 0. The first-order valence-corrected chi connectivity index (χ1v) is 6.60. The molecule has 0 aliphatic heterocycles. The van der Waals surface area contributed by atoms with Crippen molar-refractivity contribution >= 4 is 11.7 Å². The summed E-state index contributed by atoms with van der Waals surface area (Å²) in [6, 6.07) is 9.83. The van der Waals surface area contributed by atoms with Gasteiger partial charge in [-0.25, -0.2) is 9.18 Å². The van der Waals surface area contributed by atoms with E-state index in [2.05, 4.69) is 0 Å². The summed E-state index contributed by atoms with van der Waals surface area (Å²) in [5.74, 6) is -1.03. The summed E-state index contributed by atoms with van der Waals surface area (Å²) in [6.45, 7) is 3.15. The molecule has 0 aliphatic rings. The summed E-state index contributed by atoms with van der Waals surface area (Å²) in [4.78, 5) is 22.5. The van der Waals surface area contributed by atoms with Crippen LogP contribution in [0.1, 0.15) is 34.5 Å². The van der Waals surface area contributed by atoms with E-state index in [1.54, 1.807) is 6.92 Å². The Bertz CT molecular complexity index is 713. The zero-order valence-corrected chi connectivity index (χ0v) is 12.1. The van der Waals surface area contributed by atoms with Crippen molar-refractivity contribution in [1.82, 2.24) is 0 Å². The number of halogens is 1. The van der Waals surface area contributed by atoms with E-state index >= 15 is 0 Å². The molecule has 22 heavy (non-hydrogen) atoms. The topological polar surface area (TPSA) is 69.4 Å². The molecule has 0 aliphatic carbocycles. The fourth-order valence-electron chi connectivity index (χ4n) is 2.07. The quantitative estimate of drug-likeness (QED) is 0.487. The van der Waals surface area contributed by atoms with Crippen molar-refractivity contribution in [3.05, 3.63) is 75.1 Å². The van der Waals surface area contributed by atoms with E-state index in [1.807, 2.05) is 0 Å². The van der Waals surface area contributed by atoms with E-state index in [9.17, 15) is 19.3 Å². The van der Waals surface area contributed by atoms with Crippen LogP contribution in [0.15, 0.2) is 42.5 Å². The van der Waals surface area contributed by atoms with Crippen LogP contribution in [0.2, 0.25) is 0 Å². The van der Waals surface area contributed by atoms with Crippen molar-refractivity contribution in [3.8, 4) is 0 Å². The number of rotatable bonds is 4. The van der Waals surface area contributed by atoms with Crippen LogP contribution < -0.4 is 0 Å². The van der Waals surface area contributed by atoms with Gasteiger partial charge in [-0.15, -0.1) is 0 Å². The van der Waals surface area contributed by atoms with Crippen molar-refractivity contribution < 1.29 is 18.8 Å². The molecule has 0 saturated carbocycles. The molecule has 114 valence electrons. The highest BCUT2D eigenvalue weighted by atomic mass is 19.1. The normalized spacial score (nSPS) is 11.8. The lowest BCUT2D eigenvalue weighted by atomic mass is 10.1. The van der Waals surface area contributed by atoms with Crippen molar-refractivity contribution in [2.24, 2.45) is 0 Å². The number of nitro benzene ring substituents is 1. The summed E-state index contributed by atoms with van der Waals surface area (Å²) < 4.78 is 18.2. The summed E-state index contributed by atoms with van der Waals surface area (Å²) in [6.07, 6.45) is -0.591. The third kappa shape index (κ3) is 3.28. The van der Waals surface area contributed by atoms with Gasteiger partial charge in [-0.05, 0) is 37.6 Å². The molecule has 0 amide bonds. The highest BCUT2D eigenvalue weighted by molar-refractivity contribution is 5.92. The average molecular weight is 303 g/mol. The molecule has 0 aromatic heterocycles. The maximum Gasteiger partial charge on any atom is 0.339 e. The number of nitro groups is 1. The second-order valence-corrected chi connectivity index (χ2v) is 4.81. The molecule has 1 unspecified atom stereocenters. The molecular weight excluding hydrogens is 289 g/mol. The van der Waals surface area contributed by atoms with Crippen molar-refractivity contribution in [1.29, 1.82) is 0 Å². The largest absolute Gasteiger partial charge is 0.454 e. The maximum absolute atomic E-state index is 12.9. The van der Waals surface area contributed by atoms with Gasteiger partial charge in [0.1, 0.15) is 11.9 Å². The molecule has 2 aromatic rings. The van der Waals surface area contributed by atoms with Gasteiger partial charge >= 0.3 is 5.97 Å². The summed E-state index contributed by atoms with van der Waals surface area (Å²) in [7, 11) is 0. The van der Waals surface area contributed by atoms with Crippen LogP contribution in [-0.2, 0) is 4.74 Å². The van der Waals surface area contributed by atoms with Gasteiger partial charge in [-0.3, -0.25) is 10.1 Å². The first-order valence-electron chi connectivity index (χ1n) is 6.60. The first kappa shape index (κ1) is 15.6. The first-order chi connectivity index (χ1) is 10.4. The van der Waals surface area contributed by atoms with Crippen LogP contribution in [0.3, 0.4) is 0 Å². The van der Waals surface area contributed by atoms with Crippen LogP contribution in [0.4, 0.5) is 10.1 Å². The number of hydrogen-bond acceptors (Lipinski definition) is 4. The van der Waals surface area contributed by atoms with E-state index in [0.29, 0.717) is 5.56 Å². The number of carbonyl (C=O) groups is 1. The molecule has 6 heteroatoms. The second kappa shape index (κ2) is 6.34. The Kier molecular flexibility index (Phi) is 4.50. The smallest absolute Gasteiger partial charge is 0.339 e. The van der Waals surface area contributed by atoms with Crippen LogP contribution in [0, 0.1) is 22.9 Å². The molecule has 0 spiro atoms. The summed E-state index contributed by atoms with van der Waals surface area (Å²) in [5, 5.41) is 10.9. The third-order valence-corrected chi connectivity index (χ3v) is 3.35. The second-order valence-electron chi connectivity index (χ2n) is 4.81. The Balaban J connectivity index is 2.20. The highest BCUT2D eigenvalue weighted by Crippen LogP contribution is 2.24. The van der Waals surface area contributed by atoms with Gasteiger partial charge in [0.15, 0.2) is 0 Å². The minimum atomic E-state index is -0.655. The Labute approximate surface area is 126 Å². The standard InChI is InChI=1S/C16H14FNO4/c1-10-14(4-3-5-15(10)18(20)21)16(19)22-11(2)12-6-8-13(17)9-7-12/h3-9,11H,1-2H3. The van der Waals surface area contributed by atoms with Crippen molar-refractivity contribution in [2.45, 2.75) is 20.0 Å². The van der Waals surface area contributed by atoms with Gasteiger partial charge in [-0.1, -0.05) is 18.2 Å². The zero-order valence-electron chi connectivity index (χ0n) is 12.1. The van der Waals surface area contributed by atoms with Gasteiger partial charge in [0.2, 0.25) is 0 Å². The zero-order chi connectivity index (χ0) is 16.3. The molecule has 2 aromatic carbocycles. The van der Waals surface area contributed by atoms with E-state index in [0.717, 1.165) is 0 Å². The van der Waals surface area contributed by atoms with E-state index in [4.69, 9.17) is 4.74 Å². The van der Waals surface area contributed by atoms with E-state index in [-0.39, 0.29) is 22.6 Å². The lowest BCUT2D eigenvalue weighted by molar-refractivity contribution is -0.385. The fourth-order valence-corrected chi connectivity index (χ4v) is 2.07. The molecule has 0 radical (unpaired) electrons. The van der Waals surface area contributed by atoms with E-state index in [1.165, 1.54) is 49.4 Å². The lowest BCUT2D eigenvalue weighted by Gasteiger charge is -2.14. The molecule has 5 nitrogen and oxygen atoms in total. The Morgan fingerprint density at radius 3 is 2.45 bits per heavy atom. The molecule has 0 saturated heterocycles. The Hall–Kier alpha value is -2.76. The van der Waals surface area contributed by atoms with Crippen LogP contribution in [-0.4, -0.2) is 10.9 Å². The van der Waals surface area contributed by atoms with Crippen LogP contribution in [0.25, 0.3) is 0 Å². The fraction of sp³-hybridized carbons (Fsp3) is 0.188. The molecule has 0 heterocycles. The van der Waals surface area contributed by atoms with Gasteiger partial charge in [-0.2, -0.15) is 0 Å². The number of carbonyl (C=O) groups excluding carboxylic acids is 1. The summed E-state index contributed by atoms with van der Waals surface area (Å²) >= 11 is 0. The van der Waals surface area contributed by atoms with Crippen molar-refractivity contribution in [2.75, 3.05) is 0 Å². The van der Waals surface area contributed by atoms with Crippen molar-refractivity contribution in [3.63, 3.8) is 0 Å². The number of nitrogens with zero attached hydrogens (tertiary/aromatic N) is 1. The van der Waals surface area contributed by atoms with Gasteiger partial charge in [0, 0.05) is 11.6 Å². The molecular formula is C16H14FNO4. The molecule has 0 bridgehead atoms. The molecule has 1 atom stereocenters. The lowest BCUT2D eigenvalue weighted by Crippen LogP contribution is -2.11. The minimum Gasteiger partial charge on any atom is -0.454 e. The Morgan fingerprint density at radius 2 is 1.86 bits per heavy atom. The number of ether oxygens (including phenoxy) is 1. The van der Waals surface area contributed by atoms with Gasteiger partial charge < -0.3 is 4.74 Å². The van der Waals surface area contributed by atoms with E-state index < -0.39 is 17.0 Å². The molecule has 0 fully saturated rings. The number of esters is 1. The predicted octanol–water partition coefficient (Wildman–Crippen LogP) is 3.96. The minimum absolute atomic E-state index is 0.135. The average Bonchev–Trinajstić information content (AvgIpc) is 2.47. The summed E-state index contributed by atoms with van der Waals surface area (Å²) in [5.41, 5.74) is 0.897. The van der Waals surface area contributed by atoms with Gasteiger partial charge in [0.05, 0.1) is 10.5 Å².